The Hall–Kier alpha value is -1.50. The molecule has 0 fully saturated rings. The van der Waals surface area contributed by atoms with Crippen molar-refractivity contribution in [2.45, 2.75) is 19.4 Å². The van der Waals surface area contributed by atoms with Crippen molar-refractivity contribution in [3.8, 4) is 5.75 Å². The Kier molecular flexibility index (Phi) is 2.63. The van der Waals surface area contributed by atoms with Gasteiger partial charge in [-0.1, -0.05) is 42.5 Å². The first-order chi connectivity index (χ1) is 7.18. The summed E-state index contributed by atoms with van der Waals surface area (Å²) >= 11 is 0. The third kappa shape index (κ3) is 2.30. The molecule has 1 aliphatic rings. The first-order valence-corrected chi connectivity index (χ1v) is 5.27. The summed E-state index contributed by atoms with van der Waals surface area (Å²) in [4.78, 5) is 0. The number of rotatable bonds is 3. The van der Waals surface area contributed by atoms with Crippen LogP contribution < -0.4 is 4.74 Å². The Bertz CT molecular complexity index is 362. The summed E-state index contributed by atoms with van der Waals surface area (Å²) in [6.07, 6.45) is 8.48. The Morgan fingerprint density at radius 1 is 1.00 bits per heavy atom. The molecule has 0 unspecified atom stereocenters. The van der Waals surface area contributed by atoms with Gasteiger partial charge in [0.15, 0.2) is 0 Å². The molecule has 1 aromatic carbocycles. The van der Waals surface area contributed by atoms with Crippen LogP contribution in [0.3, 0.4) is 0 Å². The molecule has 0 radical (unpaired) electrons. The lowest BCUT2D eigenvalue weighted by molar-refractivity contribution is 0.0835. The van der Waals surface area contributed by atoms with Crippen molar-refractivity contribution in [2.24, 2.45) is 5.92 Å². The van der Waals surface area contributed by atoms with Crippen molar-refractivity contribution in [1.82, 2.24) is 0 Å². The highest BCUT2D eigenvalue weighted by Gasteiger charge is 2.28. The number of ether oxygens (including phenoxy) is 1. The van der Waals surface area contributed by atoms with Gasteiger partial charge in [0.25, 0.3) is 0 Å². The molecule has 0 saturated carbocycles. The van der Waals surface area contributed by atoms with Crippen LogP contribution in [0.25, 0.3) is 0 Å². The van der Waals surface area contributed by atoms with Crippen molar-refractivity contribution in [2.75, 3.05) is 0 Å². The molecule has 1 nitrogen and oxygen atoms in total. The summed E-state index contributed by atoms with van der Waals surface area (Å²) in [5, 5.41) is 0. The van der Waals surface area contributed by atoms with Crippen LogP contribution in [-0.4, -0.2) is 5.60 Å². The predicted molar refractivity (Wildman–Crippen MR) is 62.9 cm³/mol. The molecule has 0 saturated heterocycles. The molecular formula is C14H16O. The van der Waals surface area contributed by atoms with E-state index in [-0.39, 0.29) is 5.60 Å². The third-order valence-corrected chi connectivity index (χ3v) is 2.67. The topological polar surface area (TPSA) is 9.23 Å². The summed E-state index contributed by atoms with van der Waals surface area (Å²) in [6, 6.07) is 9.96. The molecule has 1 heteroatoms. The van der Waals surface area contributed by atoms with E-state index < -0.39 is 0 Å². The fourth-order valence-corrected chi connectivity index (χ4v) is 1.76. The van der Waals surface area contributed by atoms with Crippen LogP contribution in [0.15, 0.2) is 54.6 Å². The van der Waals surface area contributed by atoms with Gasteiger partial charge in [-0.05, 0) is 26.0 Å². The molecule has 0 aromatic heterocycles. The van der Waals surface area contributed by atoms with Crippen LogP contribution in [-0.2, 0) is 0 Å². The number of para-hydroxylation sites is 1. The van der Waals surface area contributed by atoms with E-state index in [2.05, 4.69) is 38.2 Å². The molecule has 0 atom stereocenters. The van der Waals surface area contributed by atoms with Crippen molar-refractivity contribution >= 4 is 0 Å². The van der Waals surface area contributed by atoms with Crippen molar-refractivity contribution in [3.63, 3.8) is 0 Å². The van der Waals surface area contributed by atoms with Crippen LogP contribution in [0.4, 0.5) is 0 Å². The second kappa shape index (κ2) is 3.93. The molecule has 1 aliphatic carbocycles. The average molecular weight is 200 g/mol. The summed E-state index contributed by atoms with van der Waals surface area (Å²) in [6.45, 7) is 4.23. The number of allylic oxidation sites excluding steroid dienone is 2. The van der Waals surface area contributed by atoms with E-state index in [4.69, 9.17) is 4.74 Å². The first-order valence-electron chi connectivity index (χ1n) is 5.27. The molecule has 15 heavy (non-hydrogen) atoms. The summed E-state index contributed by atoms with van der Waals surface area (Å²) in [5.41, 5.74) is -0.190. The lowest BCUT2D eigenvalue weighted by Gasteiger charge is -2.30. The quantitative estimate of drug-likeness (QED) is 0.724. The maximum Gasteiger partial charge on any atom is 0.120 e. The molecule has 78 valence electrons. The smallest absolute Gasteiger partial charge is 0.120 e. The predicted octanol–water partition coefficient (Wildman–Crippen LogP) is 3.59. The van der Waals surface area contributed by atoms with E-state index in [1.54, 1.807) is 0 Å². The van der Waals surface area contributed by atoms with Gasteiger partial charge in [-0.25, -0.2) is 0 Å². The lowest BCUT2D eigenvalue weighted by Crippen LogP contribution is -2.35. The van der Waals surface area contributed by atoms with Gasteiger partial charge in [0.2, 0.25) is 0 Å². The van der Waals surface area contributed by atoms with Gasteiger partial charge in [0.05, 0.1) is 0 Å². The zero-order chi connectivity index (χ0) is 10.7. The van der Waals surface area contributed by atoms with Crippen LogP contribution in [0.5, 0.6) is 5.75 Å². The molecule has 0 bridgehead atoms. The van der Waals surface area contributed by atoms with E-state index in [0.29, 0.717) is 5.92 Å². The van der Waals surface area contributed by atoms with Crippen molar-refractivity contribution in [1.29, 1.82) is 0 Å². The second-order valence-corrected chi connectivity index (χ2v) is 4.31. The summed E-state index contributed by atoms with van der Waals surface area (Å²) in [7, 11) is 0. The van der Waals surface area contributed by atoms with Gasteiger partial charge in [0.1, 0.15) is 11.4 Å². The lowest BCUT2D eigenvalue weighted by atomic mass is 9.92. The van der Waals surface area contributed by atoms with E-state index in [1.807, 2.05) is 30.3 Å². The highest BCUT2D eigenvalue weighted by molar-refractivity contribution is 5.25. The monoisotopic (exact) mass is 200 g/mol. The van der Waals surface area contributed by atoms with E-state index in [0.717, 1.165) is 5.75 Å². The normalized spacial score (nSPS) is 15.9. The second-order valence-electron chi connectivity index (χ2n) is 4.31. The molecular weight excluding hydrogens is 184 g/mol. The summed E-state index contributed by atoms with van der Waals surface area (Å²) in [5.74, 6) is 1.29. The number of benzene rings is 1. The maximum absolute atomic E-state index is 5.98. The number of hydrogen-bond donors (Lipinski definition) is 0. The summed E-state index contributed by atoms with van der Waals surface area (Å²) < 4.78 is 5.98. The van der Waals surface area contributed by atoms with Gasteiger partial charge in [-0.3, -0.25) is 0 Å². The number of hydrogen-bond acceptors (Lipinski definition) is 1. The van der Waals surface area contributed by atoms with Gasteiger partial charge in [-0.2, -0.15) is 0 Å². The molecule has 0 amide bonds. The third-order valence-electron chi connectivity index (χ3n) is 2.67. The van der Waals surface area contributed by atoms with E-state index in [9.17, 15) is 0 Å². The fraction of sp³-hybridized carbons (Fsp3) is 0.286. The zero-order valence-corrected chi connectivity index (χ0v) is 9.18. The SMILES string of the molecule is CC(C)(Oc1ccccc1)C1C=CC=C1. The van der Waals surface area contributed by atoms with E-state index in [1.165, 1.54) is 0 Å². The maximum atomic E-state index is 5.98. The molecule has 0 spiro atoms. The Morgan fingerprint density at radius 3 is 2.20 bits per heavy atom. The Balaban J connectivity index is 2.10. The van der Waals surface area contributed by atoms with Gasteiger partial charge >= 0.3 is 0 Å². The van der Waals surface area contributed by atoms with Gasteiger partial charge in [0, 0.05) is 5.92 Å². The minimum Gasteiger partial charge on any atom is -0.487 e. The van der Waals surface area contributed by atoms with Crippen LogP contribution in [0.1, 0.15) is 13.8 Å². The molecule has 1 aromatic rings. The van der Waals surface area contributed by atoms with Crippen LogP contribution in [0.2, 0.25) is 0 Å². The highest BCUT2D eigenvalue weighted by atomic mass is 16.5. The van der Waals surface area contributed by atoms with Crippen LogP contribution >= 0.6 is 0 Å². The molecule has 2 rings (SSSR count). The Labute approximate surface area is 91.1 Å². The average Bonchev–Trinajstić information content (AvgIpc) is 2.71. The largest absolute Gasteiger partial charge is 0.487 e. The minimum absolute atomic E-state index is 0.190. The molecule has 0 heterocycles. The molecule has 0 N–H and O–H groups in total. The van der Waals surface area contributed by atoms with Crippen molar-refractivity contribution < 1.29 is 4.74 Å². The first kappa shape index (κ1) is 10.0. The van der Waals surface area contributed by atoms with Crippen molar-refractivity contribution in [3.05, 3.63) is 54.6 Å². The molecule has 0 aliphatic heterocycles. The van der Waals surface area contributed by atoms with Gasteiger partial charge in [-0.15, -0.1) is 0 Å². The minimum atomic E-state index is -0.190. The standard InChI is InChI=1S/C14H16O/c1-14(2,12-8-6-7-9-12)15-13-10-4-3-5-11-13/h3-12H,1-2H3. The zero-order valence-electron chi connectivity index (χ0n) is 9.18. The Morgan fingerprint density at radius 2 is 1.60 bits per heavy atom. The van der Waals surface area contributed by atoms with Gasteiger partial charge < -0.3 is 4.74 Å². The van der Waals surface area contributed by atoms with E-state index >= 15 is 0 Å². The van der Waals surface area contributed by atoms with Crippen LogP contribution in [0, 0.1) is 5.92 Å². The fourth-order valence-electron chi connectivity index (χ4n) is 1.76. The highest BCUT2D eigenvalue weighted by Crippen LogP contribution is 2.28.